The van der Waals surface area contributed by atoms with Gasteiger partial charge in [0.25, 0.3) is 0 Å². The molecule has 0 atom stereocenters. The number of hydrogen-bond donors (Lipinski definition) is 3. The molecule has 0 unspecified atom stereocenters. The third-order valence-corrected chi connectivity index (χ3v) is 2.23. The minimum Gasteiger partial charge on any atom is -0.370 e. The molecule has 0 aromatic rings. The number of primary sulfonamides is 1. The van der Waals surface area contributed by atoms with Crippen molar-refractivity contribution in [1.82, 2.24) is 5.32 Å². The van der Waals surface area contributed by atoms with Crippen LogP contribution in [0, 0.1) is 0 Å². The van der Waals surface area contributed by atoms with Crippen LogP contribution in [0.25, 0.3) is 0 Å². The first kappa shape index (κ1) is 14.2. The molecule has 0 fully saturated rings. The summed E-state index contributed by atoms with van der Waals surface area (Å²) in [6.45, 7) is 6.23. The summed E-state index contributed by atoms with van der Waals surface area (Å²) in [5.74, 6) is 0.246. The van der Waals surface area contributed by atoms with Gasteiger partial charge in [0.1, 0.15) is 0 Å². The van der Waals surface area contributed by atoms with Crippen molar-refractivity contribution in [2.45, 2.75) is 32.7 Å². The minimum absolute atomic E-state index is 0.0701. The van der Waals surface area contributed by atoms with E-state index in [1.165, 1.54) is 0 Å². The monoisotopic (exact) mass is 236 g/mol. The maximum Gasteiger partial charge on any atom is 0.209 e. The summed E-state index contributed by atoms with van der Waals surface area (Å²) >= 11 is 0. The van der Waals surface area contributed by atoms with Crippen molar-refractivity contribution in [2.75, 3.05) is 12.3 Å². The van der Waals surface area contributed by atoms with E-state index in [0.29, 0.717) is 18.9 Å². The predicted molar refractivity (Wildman–Crippen MR) is 62.0 cm³/mol. The van der Waals surface area contributed by atoms with Crippen LogP contribution in [-0.4, -0.2) is 32.2 Å². The normalized spacial score (nSPS) is 14.0. The molecule has 0 aliphatic rings. The molecule has 0 aliphatic carbocycles. The first-order valence-electron chi connectivity index (χ1n) is 4.69. The second-order valence-corrected chi connectivity index (χ2v) is 6.10. The van der Waals surface area contributed by atoms with Gasteiger partial charge < -0.3 is 11.1 Å². The van der Waals surface area contributed by atoms with Crippen LogP contribution in [-0.2, 0) is 10.0 Å². The van der Waals surface area contributed by atoms with Crippen molar-refractivity contribution in [3.8, 4) is 0 Å². The van der Waals surface area contributed by atoms with Gasteiger partial charge in [-0.25, -0.2) is 13.6 Å². The Labute approximate surface area is 91.2 Å². The number of rotatable bonds is 4. The van der Waals surface area contributed by atoms with Crippen molar-refractivity contribution >= 4 is 16.0 Å². The van der Waals surface area contributed by atoms with Crippen LogP contribution in [0.4, 0.5) is 0 Å². The number of nitrogens with one attached hydrogen (secondary N) is 1. The lowest BCUT2D eigenvalue weighted by Crippen LogP contribution is -2.45. The van der Waals surface area contributed by atoms with Gasteiger partial charge in [-0.15, -0.1) is 0 Å². The molecule has 7 heteroatoms. The fourth-order valence-corrected chi connectivity index (χ4v) is 1.42. The molecule has 0 saturated heterocycles. The van der Waals surface area contributed by atoms with Crippen LogP contribution in [0.3, 0.4) is 0 Å². The first-order chi connectivity index (χ1) is 6.60. The Balaban J connectivity index is 3.88. The number of nitrogens with zero attached hydrogens (tertiary/aromatic N) is 1. The molecule has 0 spiro atoms. The van der Waals surface area contributed by atoms with Crippen LogP contribution in [0.1, 0.15) is 27.2 Å². The third kappa shape index (κ3) is 11.1. The predicted octanol–water partition coefficient (Wildman–Crippen LogP) is -0.632. The molecule has 0 aliphatic heterocycles. The van der Waals surface area contributed by atoms with Gasteiger partial charge in [0.05, 0.1) is 5.75 Å². The van der Waals surface area contributed by atoms with E-state index in [1.807, 2.05) is 20.8 Å². The first-order valence-corrected chi connectivity index (χ1v) is 6.40. The number of guanidine groups is 1. The van der Waals surface area contributed by atoms with Gasteiger partial charge in [0.15, 0.2) is 5.96 Å². The highest BCUT2D eigenvalue weighted by Gasteiger charge is 2.09. The molecule has 6 nitrogen and oxygen atoms in total. The van der Waals surface area contributed by atoms with Crippen LogP contribution >= 0.6 is 0 Å². The molecular formula is C8H20N4O2S. The molecule has 0 amide bonds. The van der Waals surface area contributed by atoms with Crippen molar-refractivity contribution in [2.24, 2.45) is 15.9 Å². The minimum atomic E-state index is -3.39. The van der Waals surface area contributed by atoms with Crippen molar-refractivity contribution < 1.29 is 8.42 Å². The highest BCUT2D eigenvalue weighted by Crippen LogP contribution is 1.97. The summed E-state index contributed by atoms with van der Waals surface area (Å²) < 4.78 is 21.2. The number of hydrogen-bond acceptors (Lipinski definition) is 3. The number of nitrogens with two attached hydrogens (primary N) is 2. The molecule has 0 rings (SSSR count). The number of aliphatic imine (C=N–C) groups is 1. The van der Waals surface area contributed by atoms with Crippen LogP contribution in [0.15, 0.2) is 4.99 Å². The Morgan fingerprint density at radius 1 is 1.40 bits per heavy atom. The highest BCUT2D eigenvalue weighted by atomic mass is 32.2. The molecule has 0 bridgehead atoms. The average molecular weight is 236 g/mol. The molecule has 0 radical (unpaired) electrons. The summed E-state index contributed by atoms with van der Waals surface area (Å²) in [6.07, 6.45) is 0.380. The molecule has 90 valence electrons. The Morgan fingerprint density at radius 3 is 2.33 bits per heavy atom. The largest absolute Gasteiger partial charge is 0.370 e. The van der Waals surface area contributed by atoms with Gasteiger partial charge in [0, 0.05) is 12.1 Å². The Morgan fingerprint density at radius 2 is 1.93 bits per heavy atom. The topological polar surface area (TPSA) is 111 Å². The fraction of sp³-hybridized carbons (Fsp3) is 0.875. The smallest absolute Gasteiger partial charge is 0.209 e. The van der Waals surface area contributed by atoms with E-state index < -0.39 is 10.0 Å². The van der Waals surface area contributed by atoms with Crippen LogP contribution in [0.2, 0.25) is 0 Å². The zero-order valence-electron chi connectivity index (χ0n) is 9.45. The molecular weight excluding hydrogens is 216 g/mol. The Hall–Kier alpha value is -0.820. The Kier molecular flexibility index (Phi) is 5.02. The second-order valence-electron chi connectivity index (χ2n) is 4.36. The second kappa shape index (κ2) is 5.32. The highest BCUT2D eigenvalue weighted by molar-refractivity contribution is 7.89. The quantitative estimate of drug-likeness (QED) is 0.343. The summed E-state index contributed by atoms with van der Waals surface area (Å²) in [4.78, 5) is 3.98. The van der Waals surface area contributed by atoms with Crippen molar-refractivity contribution in [1.29, 1.82) is 0 Å². The maximum atomic E-state index is 10.6. The Bertz CT molecular complexity index is 316. The van der Waals surface area contributed by atoms with E-state index in [4.69, 9.17) is 10.9 Å². The van der Waals surface area contributed by atoms with E-state index in [9.17, 15) is 8.42 Å². The van der Waals surface area contributed by atoms with Gasteiger partial charge in [-0.1, -0.05) is 0 Å². The van der Waals surface area contributed by atoms with Gasteiger partial charge >= 0.3 is 0 Å². The summed E-state index contributed by atoms with van der Waals surface area (Å²) in [5, 5.41) is 7.79. The summed E-state index contributed by atoms with van der Waals surface area (Å²) in [5.41, 5.74) is 5.42. The van der Waals surface area contributed by atoms with Gasteiger partial charge in [-0.3, -0.25) is 4.99 Å². The maximum absolute atomic E-state index is 10.6. The molecule has 5 N–H and O–H groups in total. The van der Waals surface area contributed by atoms with E-state index >= 15 is 0 Å². The SMILES string of the molecule is CC(C)(C)NC(N)=NCCCS(N)(=O)=O. The van der Waals surface area contributed by atoms with E-state index in [-0.39, 0.29) is 11.3 Å². The molecule has 0 saturated carbocycles. The fourth-order valence-electron chi connectivity index (χ4n) is 0.889. The van der Waals surface area contributed by atoms with Crippen LogP contribution < -0.4 is 16.2 Å². The summed E-state index contributed by atoms with van der Waals surface area (Å²) in [6, 6.07) is 0. The van der Waals surface area contributed by atoms with E-state index in [2.05, 4.69) is 10.3 Å². The molecule has 0 heterocycles. The number of sulfonamides is 1. The molecule has 0 aromatic heterocycles. The lowest BCUT2D eigenvalue weighted by Gasteiger charge is -2.20. The van der Waals surface area contributed by atoms with Gasteiger partial charge in [-0.2, -0.15) is 0 Å². The molecule has 0 aromatic carbocycles. The van der Waals surface area contributed by atoms with Gasteiger partial charge in [-0.05, 0) is 27.2 Å². The lowest BCUT2D eigenvalue weighted by molar-refractivity contribution is 0.508. The zero-order valence-corrected chi connectivity index (χ0v) is 10.3. The molecule has 15 heavy (non-hydrogen) atoms. The van der Waals surface area contributed by atoms with Crippen LogP contribution in [0.5, 0.6) is 0 Å². The van der Waals surface area contributed by atoms with E-state index in [1.54, 1.807) is 0 Å². The standard InChI is InChI=1S/C8H20N4O2S/c1-8(2,3)12-7(9)11-5-4-6-15(10,13)14/h4-6H2,1-3H3,(H3,9,11,12)(H2,10,13,14). The third-order valence-electron chi connectivity index (χ3n) is 1.37. The van der Waals surface area contributed by atoms with E-state index in [0.717, 1.165) is 0 Å². The lowest BCUT2D eigenvalue weighted by atomic mass is 10.1. The average Bonchev–Trinajstić information content (AvgIpc) is 1.92. The van der Waals surface area contributed by atoms with Crippen molar-refractivity contribution in [3.63, 3.8) is 0 Å². The van der Waals surface area contributed by atoms with Gasteiger partial charge in [0.2, 0.25) is 10.0 Å². The van der Waals surface area contributed by atoms with Crippen molar-refractivity contribution in [3.05, 3.63) is 0 Å². The summed E-state index contributed by atoms with van der Waals surface area (Å²) in [7, 11) is -3.39. The zero-order chi connectivity index (χ0) is 12.1.